The molecular formula is C27H25N5O3. The standard InChI is InChI=1S/C27H25N5O3/c28-19-23(20-29-24-11-13-25(14-12-24)32(34)35)27(33)31-17-15-30(16-18-31)26(21-7-3-1-4-8-21)22-9-5-2-6-10-22/h1-14,20,26,29H,15-18H2/b23-20-. The van der Waals surface area contributed by atoms with Crippen molar-refractivity contribution in [2.75, 3.05) is 31.5 Å². The Labute approximate surface area is 203 Å². The van der Waals surface area contributed by atoms with Gasteiger partial charge in [-0.2, -0.15) is 5.26 Å². The van der Waals surface area contributed by atoms with Gasteiger partial charge in [0.1, 0.15) is 11.6 Å². The summed E-state index contributed by atoms with van der Waals surface area (Å²) in [6.45, 7) is 2.36. The summed E-state index contributed by atoms with van der Waals surface area (Å²) in [5.74, 6) is -0.336. The number of amides is 1. The third kappa shape index (κ3) is 5.72. The number of non-ortho nitro benzene ring substituents is 1. The highest BCUT2D eigenvalue weighted by Gasteiger charge is 2.29. The monoisotopic (exact) mass is 467 g/mol. The maximum absolute atomic E-state index is 13.0. The first-order chi connectivity index (χ1) is 17.1. The second-order valence-corrected chi connectivity index (χ2v) is 8.17. The van der Waals surface area contributed by atoms with Crippen molar-refractivity contribution in [1.82, 2.24) is 9.80 Å². The van der Waals surface area contributed by atoms with Crippen molar-refractivity contribution in [2.45, 2.75) is 6.04 Å². The van der Waals surface area contributed by atoms with Gasteiger partial charge in [-0.05, 0) is 23.3 Å². The summed E-state index contributed by atoms with van der Waals surface area (Å²) in [6, 6.07) is 28.5. The van der Waals surface area contributed by atoms with E-state index in [1.165, 1.54) is 41.6 Å². The van der Waals surface area contributed by atoms with E-state index in [0.29, 0.717) is 31.9 Å². The highest BCUT2D eigenvalue weighted by molar-refractivity contribution is 5.97. The number of piperazine rings is 1. The number of nitro benzene ring substituents is 1. The van der Waals surface area contributed by atoms with Gasteiger partial charge in [0.05, 0.1) is 11.0 Å². The minimum absolute atomic E-state index is 0.0144. The van der Waals surface area contributed by atoms with Crippen molar-refractivity contribution < 1.29 is 9.72 Å². The maximum Gasteiger partial charge on any atom is 0.269 e. The van der Waals surface area contributed by atoms with Crippen LogP contribution in [0.3, 0.4) is 0 Å². The van der Waals surface area contributed by atoms with Gasteiger partial charge in [0, 0.05) is 50.2 Å². The summed E-state index contributed by atoms with van der Waals surface area (Å²) in [5.41, 5.74) is 2.90. The molecule has 176 valence electrons. The molecule has 3 aromatic rings. The van der Waals surface area contributed by atoms with Gasteiger partial charge in [-0.3, -0.25) is 19.8 Å². The molecule has 0 bridgehead atoms. The van der Waals surface area contributed by atoms with Crippen LogP contribution < -0.4 is 5.32 Å². The van der Waals surface area contributed by atoms with Crippen LogP contribution in [-0.4, -0.2) is 46.8 Å². The third-order valence-corrected chi connectivity index (χ3v) is 6.01. The van der Waals surface area contributed by atoms with Crippen molar-refractivity contribution >= 4 is 17.3 Å². The molecule has 3 aromatic carbocycles. The molecule has 1 amide bonds. The van der Waals surface area contributed by atoms with Gasteiger partial charge in [-0.1, -0.05) is 60.7 Å². The molecule has 0 aromatic heterocycles. The Morgan fingerprint density at radius 2 is 1.46 bits per heavy atom. The van der Waals surface area contributed by atoms with Crippen LogP contribution in [0.2, 0.25) is 0 Å². The third-order valence-electron chi connectivity index (χ3n) is 6.01. The van der Waals surface area contributed by atoms with Crippen molar-refractivity contribution in [3.05, 3.63) is 118 Å². The van der Waals surface area contributed by atoms with Crippen LogP contribution in [0.25, 0.3) is 0 Å². The quantitative estimate of drug-likeness (QED) is 0.240. The minimum Gasteiger partial charge on any atom is -0.360 e. The number of nitriles is 1. The van der Waals surface area contributed by atoms with Crippen LogP contribution in [0, 0.1) is 21.4 Å². The van der Waals surface area contributed by atoms with Crippen molar-refractivity contribution in [3.63, 3.8) is 0 Å². The van der Waals surface area contributed by atoms with E-state index in [1.54, 1.807) is 4.90 Å². The normalized spacial score (nSPS) is 14.4. The van der Waals surface area contributed by atoms with E-state index in [9.17, 15) is 20.2 Å². The average Bonchev–Trinajstić information content (AvgIpc) is 2.91. The lowest BCUT2D eigenvalue weighted by Crippen LogP contribution is -2.50. The first kappa shape index (κ1) is 23.7. The SMILES string of the molecule is N#C/C(=C/Nc1ccc([N+](=O)[O-])cc1)C(=O)N1CCN(C(c2ccccc2)c2ccccc2)CC1. The molecule has 0 unspecified atom stereocenters. The Hall–Kier alpha value is -4.48. The number of hydrogen-bond acceptors (Lipinski definition) is 6. The predicted octanol–water partition coefficient (Wildman–Crippen LogP) is 4.35. The molecule has 0 aliphatic carbocycles. The van der Waals surface area contributed by atoms with Gasteiger partial charge in [0.2, 0.25) is 0 Å². The molecule has 35 heavy (non-hydrogen) atoms. The fourth-order valence-electron chi connectivity index (χ4n) is 4.22. The highest BCUT2D eigenvalue weighted by Crippen LogP contribution is 2.29. The molecule has 1 N–H and O–H groups in total. The Kier molecular flexibility index (Phi) is 7.50. The van der Waals surface area contributed by atoms with Crippen LogP contribution in [0.4, 0.5) is 11.4 Å². The zero-order valence-corrected chi connectivity index (χ0v) is 19.1. The van der Waals surface area contributed by atoms with Crippen LogP contribution in [0.15, 0.2) is 96.7 Å². The lowest BCUT2D eigenvalue weighted by Gasteiger charge is -2.39. The van der Waals surface area contributed by atoms with Crippen LogP contribution in [0.5, 0.6) is 0 Å². The van der Waals surface area contributed by atoms with Crippen molar-refractivity contribution in [1.29, 1.82) is 5.26 Å². The first-order valence-electron chi connectivity index (χ1n) is 11.3. The maximum atomic E-state index is 13.0. The van der Waals surface area contributed by atoms with Crippen molar-refractivity contribution in [2.24, 2.45) is 0 Å². The number of carbonyl (C=O) groups excluding carboxylic acids is 1. The molecule has 8 heteroatoms. The lowest BCUT2D eigenvalue weighted by molar-refractivity contribution is -0.384. The zero-order chi connectivity index (χ0) is 24.6. The topological polar surface area (TPSA) is 103 Å². The summed E-state index contributed by atoms with van der Waals surface area (Å²) in [4.78, 5) is 27.4. The Morgan fingerprint density at radius 1 is 0.914 bits per heavy atom. The number of benzene rings is 3. The fourth-order valence-corrected chi connectivity index (χ4v) is 4.22. The number of nitrogens with one attached hydrogen (secondary N) is 1. The Morgan fingerprint density at radius 3 is 1.94 bits per heavy atom. The molecule has 1 aliphatic heterocycles. The second kappa shape index (κ2) is 11.1. The molecule has 0 spiro atoms. The van der Waals surface area contributed by atoms with Gasteiger partial charge in [0.25, 0.3) is 11.6 Å². The molecule has 1 saturated heterocycles. The number of anilines is 1. The van der Waals surface area contributed by atoms with Gasteiger partial charge < -0.3 is 10.2 Å². The number of nitrogens with zero attached hydrogens (tertiary/aromatic N) is 4. The number of hydrogen-bond donors (Lipinski definition) is 1. The summed E-state index contributed by atoms with van der Waals surface area (Å²) in [5, 5.41) is 23.2. The van der Waals surface area contributed by atoms with E-state index in [1.807, 2.05) is 42.5 Å². The molecule has 8 nitrogen and oxygen atoms in total. The highest BCUT2D eigenvalue weighted by atomic mass is 16.6. The van der Waals surface area contributed by atoms with E-state index < -0.39 is 4.92 Å². The Bertz CT molecular complexity index is 1190. The molecular weight excluding hydrogens is 442 g/mol. The fraction of sp³-hybridized carbons (Fsp3) is 0.185. The average molecular weight is 468 g/mol. The first-order valence-corrected chi connectivity index (χ1v) is 11.3. The number of rotatable bonds is 7. The summed E-state index contributed by atoms with van der Waals surface area (Å²) in [6.07, 6.45) is 1.35. The van der Waals surface area contributed by atoms with E-state index in [2.05, 4.69) is 34.5 Å². The number of nitro groups is 1. The summed E-state index contributed by atoms with van der Waals surface area (Å²) < 4.78 is 0. The minimum atomic E-state index is -0.482. The van der Waals surface area contributed by atoms with Crippen LogP contribution in [-0.2, 0) is 4.79 Å². The van der Waals surface area contributed by atoms with Gasteiger partial charge >= 0.3 is 0 Å². The van der Waals surface area contributed by atoms with Crippen molar-refractivity contribution in [3.8, 4) is 6.07 Å². The largest absolute Gasteiger partial charge is 0.360 e. The van der Waals surface area contributed by atoms with Gasteiger partial charge in [-0.25, -0.2) is 0 Å². The van der Waals surface area contributed by atoms with Crippen LogP contribution >= 0.6 is 0 Å². The van der Waals surface area contributed by atoms with Gasteiger partial charge in [0.15, 0.2) is 0 Å². The molecule has 0 atom stereocenters. The number of carbonyl (C=O) groups is 1. The molecule has 0 saturated carbocycles. The van der Waals surface area contributed by atoms with E-state index in [4.69, 9.17) is 0 Å². The van der Waals surface area contributed by atoms with E-state index in [0.717, 1.165) is 0 Å². The predicted molar refractivity (Wildman–Crippen MR) is 133 cm³/mol. The molecule has 1 fully saturated rings. The van der Waals surface area contributed by atoms with E-state index in [-0.39, 0.29) is 23.2 Å². The Balaban J connectivity index is 1.42. The molecule has 1 heterocycles. The molecule has 4 rings (SSSR count). The summed E-state index contributed by atoms with van der Waals surface area (Å²) >= 11 is 0. The van der Waals surface area contributed by atoms with Crippen LogP contribution in [0.1, 0.15) is 17.2 Å². The molecule has 1 aliphatic rings. The lowest BCUT2D eigenvalue weighted by atomic mass is 9.96. The zero-order valence-electron chi connectivity index (χ0n) is 19.1. The van der Waals surface area contributed by atoms with Gasteiger partial charge in [-0.15, -0.1) is 0 Å². The van der Waals surface area contributed by atoms with E-state index >= 15 is 0 Å². The summed E-state index contributed by atoms with van der Waals surface area (Å²) in [7, 11) is 0. The second-order valence-electron chi connectivity index (χ2n) is 8.17. The smallest absolute Gasteiger partial charge is 0.269 e. The molecule has 0 radical (unpaired) electrons.